The molecule has 116 valence electrons. The van der Waals surface area contributed by atoms with E-state index in [1.165, 1.54) is 6.33 Å². The third-order valence-corrected chi connectivity index (χ3v) is 3.37. The molecule has 1 amide bonds. The van der Waals surface area contributed by atoms with Crippen molar-refractivity contribution >= 4 is 11.7 Å². The van der Waals surface area contributed by atoms with Crippen LogP contribution >= 0.6 is 0 Å². The SMILES string of the molecule is CCOc1ncnc(NC(C)C(=O)N2CCOCC2)c1C. The molecule has 0 bridgehead atoms. The Hall–Kier alpha value is -1.89. The van der Waals surface area contributed by atoms with Gasteiger partial charge in [-0.25, -0.2) is 9.97 Å². The molecule has 0 spiro atoms. The molecule has 1 fully saturated rings. The molecule has 1 aromatic heterocycles. The molecule has 1 N–H and O–H groups in total. The first kappa shape index (κ1) is 15.5. The van der Waals surface area contributed by atoms with Gasteiger partial charge in [0, 0.05) is 13.1 Å². The highest BCUT2D eigenvalue weighted by Gasteiger charge is 2.23. The van der Waals surface area contributed by atoms with Gasteiger partial charge in [-0.2, -0.15) is 0 Å². The minimum atomic E-state index is -0.355. The Bertz CT molecular complexity index is 489. The Labute approximate surface area is 124 Å². The van der Waals surface area contributed by atoms with Crippen molar-refractivity contribution in [3.8, 4) is 5.88 Å². The van der Waals surface area contributed by atoms with Crippen molar-refractivity contribution in [3.05, 3.63) is 11.9 Å². The molecule has 1 aliphatic heterocycles. The van der Waals surface area contributed by atoms with Gasteiger partial charge in [-0.05, 0) is 20.8 Å². The normalized spacial score (nSPS) is 16.4. The number of morpholine rings is 1. The van der Waals surface area contributed by atoms with Crippen LogP contribution in [-0.2, 0) is 9.53 Å². The number of nitrogens with one attached hydrogen (secondary N) is 1. The number of hydrogen-bond donors (Lipinski definition) is 1. The number of amides is 1. The minimum Gasteiger partial charge on any atom is -0.478 e. The molecule has 0 aliphatic carbocycles. The average molecular weight is 294 g/mol. The molecule has 1 aliphatic rings. The summed E-state index contributed by atoms with van der Waals surface area (Å²) in [5.74, 6) is 1.22. The summed E-state index contributed by atoms with van der Waals surface area (Å²) in [7, 11) is 0. The second-order valence-electron chi connectivity index (χ2n) is 4.89. The summed E-state index contributed by atoms with van der Waals surface area (Å²) in [6.45, 7) is 8.62. The monoisotopic (exact) mass is 294 g/mol. The van der Waals surface area contributed by atoms with Crippen molar-refractivity contribution in [2.45, 2.75) is 26.8 Å². The zero-order chi connectivity index (χ0) is 15.2. The van der Waals surface area contributed by atoms with Gasteiger partial charge < -0.3 is 19.7 Å². The Balaban J connectivity index is 2.03. The van der Waals surface area contributed by atoms with Gasteiger partial charge >= 0.3 is 0 Å². The predicted molar refractivity (Wildman–Crippen MR) is 78.4 cm³/mol. The molecule has 1 saturated heterocycles. The van der Waals surface area contributed by atoms with E-state index in [2.05, 4.69) is 15.3 Å². The number of hydrogen-bond acceptors (Lipinski definition) is 6. The number of carbonyl (C=O) groups is 1. The summed E-state index contributed by atoms with van der Waals surface area (Å²) in [5.41, 5.74) is 0.806. The highest BCUT2D eigenvalue weighted by atomic mass is 16.5. The summed E-state index contributed by atoms with van der Waals surface area (Å²) < 4.78 is 10.7. The Morgan fingerprint density at radius 1 is 1.48 bits per heavy atom. The molecule has 7 heteroatoms. The lowest BCUT2D eigenvalue weighted by atomic mass is 10.2. The number of ether oxygens (including phenoxy) is 2. The lowest BCUT2D eigenvalue weighted by molar-refractivity contribution is -0.135. The van der Waals surface area contributed by atoms with Gasteiger partial charge in [-0.15, -0.1) is 0 Å². The fourth-order valence-corrected chi connectivity index (χ4v) is 2.19. The summed E-state index contributed by atoms with van der Waals surface area (Å²) >= 11 is 0. The van der Waals surface area contributed by atoms with Gasteiger partial charge in [0.15, 0.2) is 0 Å². The van der Waals surface area contributed by atoms with Gasteiger partial charge in [-0.1, -0.05) is 0 Å². The molecule has 1 atom stereocenters. The highest BCUT2D eigenvalue weighted by molar-refractivity contribution is 5.84. The van der Waals surface area contributed by atoms with Crippen LogP contribution in [0.25, 0.3) is 0 Å². The fraction of sp³-hybridized carbons (Fsp3) is 0.643. The van der Waals surface area contributed by atoms with Crippen LogP contribution in [-0.4, -0.2) is 59.7 Å². The topological polar surface area (TPSA) is 76.6 Å². The number of carbonyl (C=O) groups excluding carboxylic acids is 1. The lowest BCUT2D eigenvalue weighted by Gasteiger charge is -2.29. The maximum Gasteiger partial charge on any atom is 0.244 e. The Morgan fingerprint density at radius 3 is 2.86 bits per heavy atom. The van der Waals surface area contributed by atoms with E-state index in [0.29, 0.717) is 44.6 Å². The van der Waals surface area contributed by atoms with Crippen molar-refractivity contribution in [2.24, 2.45) is 0 Å². The summed E-state index contributed by atoms with van der Waals surface area (Å²) in [5, 5.41) is 3.14. The molecule has 0 aromatic carbocycles. The molecule has 21 heavy (non-hydrogen) atoms. The second kappa shape index (κ2) is 7.21. The van der Waals surface area contributed by atoms with E-state index < -0.39 is 0 Å². The van der Waals surface area contributed by atoms with Crippen LogP contribution in [0, 0.1) is 6.92 Å². The number of anilines is 1. The first-order valence-electron chi connectivity index (χ1n) is 7.21. The molecular formula is C14H22N4O3. The average Bonchev–Trinajstić information content (AvgIpc) is 2.51. The van der Waals surface area contributed by atoms with Crippen molar-refractivity contribution in [3.63, 3.8) is 0 Å². The van der Waals surface area contributed by atoms with Crippen LogP contribution in [0.15, 0.2) is 6.33 Å². The van der Waals surface area contributed by atoms with E-state index in [4.69, 9.17) is 9.47 Å². The number of rotatable bonds is 5. The zero-order valence-electron chi connectivity index (χ0n) is 12.8. The van der Waals surface area contributed by atoms with Crippen LogP contribution in [0.3, 0.4) is 0 Å². The molecular weight excluding hydrogens is 272 g/mol. The van der Waals surface area contributed by atoms with E-state index in [1.54, 1.807) is 4.90 Å². The van der Waals surface area contributed by atoms with Gasteiger partial charge in [0.2, 0.25) is 11.8 Å². The molecule has 2 rings (SSSR count). The summed E-state index contributed by atoms with van der Waals surface area (Å²) in [4.78, 5) is 22.4. The molecule has 0 saturated carbocycles. The van der Waals surface area contributed by atoms with Crippen molar-refractivity contribution in [2.75, 3.05) is 38.2 Å². The third kappa shape index (κ3) is 3.81. The predicted octanol–water partition coefficient (Wildman–Crippen LogP) is 0.843. The van der Waals surface area contributed by atoms with E-state index in [1.807, 2.05) is 20.8 Å². The summed E-state index contributed by atoms with van der Waals surface area (Å²) in [6.07, 6.45) is 1.44. The van der Waals surface area contributed by atoms with Crippen LogP contribution in [0.2, 0.25) is 0 Å². The second-order valence-corrected chi connectivity index (χ2v) is 4.89. The standard InChI is InChI=1S/C14H22N4O3/c1-4-21-13-10(2)12(15-9-16-13)17-11(3)14(19)18-5-7-20-8-6-18/h9,11H,4-8H2,1-3H3,(H,15,16,17). The Morgan fingerprint density at radius 2 is 2.19 bits per heavy atom. The number of aromatic nitrogens is 2. The van der Waals surface area contributed by atoms with E-state index in [-0.39, 0.29) is 11.9 Å². The van der Waals surface area contributed by atoms with Crippen LogP contribution < -0.4 is 10.1 Å². The van der Waals surface area contributed by atoms with Crippen molar-refractivity contribution < 1.29 is 14.3 Å². The quantitative estimate of drug-likeness (QED) is 0.867. The van der Waals surface area contributed by atoms with Crippen LogP contribution in [0.4, 0.5) is 5.82 Å². The molecule has 1 unspecified atom stereocenters. The fourth-order valence-electron chi connectivity index (χ4n) is 2.19. The first-order valence-corrected chi connectivity index (χ1v) is 7.21. The number of nitrogens with zero attached hydrogens (tertiary/aromatic N) is 3. The highest BCUT2D eigenvalue weighted by Crippen LogP contribution is 2.21. The lowest BCUT2D eigenvalue weighted by Crippen LogP contribution is -2.47. The van der Waals surface area contributed by atoms with E-state index >= 15 is 0 Å². The van der Waals surface area contributed by atoms with Gasteiger partial charge in [-0.3, -0.25) is 4.79 Å². The minimum absolute atomic E-state index is 0.0503. The maximum atomic E-state index is 12.4. The van der Waals surface area contributed by atoms with Crippen LogP contribution in [0.1, 0.15) is 19.4 Å². The summed E-state index contributed by atoms with van der Waals surface area (Å²) in [6, 6.07) is -0.355. The molecule has 7 nitrogen and oxygen atoms in total. The smallest absolute Gasteiger partial charge is 0.244 e. The first-order chi connectivity index (χ1) is 10.1. The molecule has 2 heterocycles. The van der Waals surface area contributed by atoms with Gasteiger partial charge in [0.05, 0.1) is 25.4 Å². The van der Waals surface area contributed by atoms with Crippen molar-refractivity contribution in [1.82, 2.24) is 14.9 Å². The molecule has 1 aromatic rings. The van der Waals surface area contributed by atoms with Crippen molar-refractivity contribution in [1.29, 1.82) is 0 Å². The van der Waals surface area contributed by atoms with E-state index in [9.17, 15) is 4.79 Å². The molecule has 0 radical (unpaired) electrons. The zero-order valence-corrected chi connectivity index (χ0v) is 12.8. The van der Waals surface area contributed by atoms with Gasteiger partial charge in [0.1, 0.15) is 18.2 Å². The maximum absolute atomic E-state index is 12.4. The third-order valence-electron chi connectivity index (χ3n) is 3.37. The Kier molecular flexibility index (Phi) is 5.32. The largest absolute Gasteiger partial charge is 0.478 e. The van der Waals surface area contributed by atoms with E-state index in [0.717, 1.165) is 5.56 Å². The van der Waals surface area contributed by atoms with Gasteiger partial charge in [0.25, 0.3) is 0 Å². The van der Waals surface area contributed by atoms with Crippen LogP contribution in [0.5, 0.6) is 5.88 Å².